The molecule has 0 saturated heterocycles. The summed E-state index contributed by atoms with van der Waals surface area (Å²) in [6.07, 6.45) is -0.498. The molecule has 0 fully saturated rings. The van der Waals surface area contributed by atoms with Gasteiger partial charge in [0.05, 0.1) is 18.0 Å². The molecule has 0 heterocycles. The van der Waals surface area contributed by atoms with Crippen LogP contribution in [-0.4, -0.2) is 49.4 Å². The van der Waals surface area contributed by atoms with Crippen LogP contribution in [0.5, 0.6) is 5.75 Å². The van der Waals surface area contributed by atoms with Crippen LogP contribution in [0.4, 0.5) is 16.2 Å². The topological polar surface area (TPSA) is 149 Å². The van der Waals surface area contributed by atoms with Crippen molar-refractivity contribution in [1.82, 2.24) is 5.32 Å². The van der Waals surface area contributed by atoms with Gasteiger partial charge in [0.25, 0.3) is 5.91 Å². The molecule has 0 radical (unpaired) electrons. The van der Waals surface area contributed by atoms with Gasteiger partial charge in [-0.1, -0.05) is 48.5 Å². The van der Waals surface area contributed by atoms with E-state index in [-0.39, 0.29) is 18.8 Å². The average Bonchev–Trinajstić information content (AvgIpc) is 2.93. The average molecular weight is 520 g/mol. The van der Waals surface area contributed by atoms with E-state index in [2.05, 4.69) is 10.6 Å². The van der Waals surface area contributed by atoms with Gasteiger partial charge in [-0.15, -0.1) is 0 Å². The van der Waals surface area contributed by atoms with E-state index in [0.29, 0.717) is 22.7 Å². The van der Waals surface area contributed by atoms with Gasteiger partial charge in [0, 0.05) is 24.3 Å². The fraction of sp³-hybridized carbons (Fsp3) is 0.179. The minimum Gasteiger partial charge on any atom is -0.491 e. The Bertz CT molecular complexity index is 1260. The van der Waals surface area contributed by atoms with Crippen LogP contribution >= 0.6 is 0 Å². The number of para-hydroxylation sites is 3. The molecule has 10 heteroatoms. The van der Waals surface area contributed by atoms with Crippen molar-refractivity contribution in [2.24, 2.45) is 0 Å². The van der Waals surface area contributed by atoms with E-state index in [4.69, 9.17) is 19.9 Å². The molecule has 3 aromatic rings. The first-order valence-corrected chi connectivity index (χ1v) is 11.7. The van der Waals surface area contributed by atoms with Crippen LogP contribution in [0.3, 0.4) is 0 Å². The van der Waals surface area contributed by atoms with Crippen LogP contribution in [0.15, 0.2) is 91.0 Å². The Kier molecular flexibility index (Phi) is 10.4. The Hall–Kier alpha value is -4.67. The van der Waals surface area contributed by atoms with Crippen LogP contribution < -0.4 is 21.1 Å². The number of aliphatic hydroxyl groups excluding tert-OH is 1. The number of amides is 3. The molecule has 0 aliphatic carbocycles. The summed E-state index contributed by atoms with van der Waals surface area (Å²) in [6, 6.07) is 21.7. The molecule has 3 aromatic carbocycles. The Balaban J connectivity index is 1.84. The maximum absolute atomic E-state index is 12.8. The highest BCUT2D eigenvalue weighted by atomic mass is 16.6. The second-order valence-electron chi connectivity index (χ2n) is 7.89. The number of rotatable bonds is 11. The summed E-state index contributed by atoms with van der Waals surface area (Å²) < 4.78 is 16.8. The fourth-order valence-corrected chi connectivity index (χ4v) is 3.48. The summed E-state index contributed by atoms with van der Waals surface area (Å²) in [6.45, 7) is -0.237. The number of imide groups is 1. The first kappa shape index (κ1) is 27.9. The highest BCUT2D eigenvalue weighted by Crippen LogP contribution is 2.32. The second-order valence-corrected chi connectivity index (χ2v) is 7.89. The van der Waals surface area contributed by atoms with Crippen LogP contribution in [0.2, 0.25) is 0 Å². The molecule has 2 atom stereocenters. The van der Waals surface area contributed by atoms with Crippen molar-refractivity contribution in [3.05, 3.63) is 102 Å². The van der Waals surface area contributed by atoms with Crippen molar-refractivity contribution in [3.8, 4) is 5.75 Å². The number of nitrogen functional groups attached to an aromatic ring is 1. The number of hydrogen-bond donors (Lipinski definition) is 4. The van der Waals surface area contributed by atoms with E-state index in [9.17, 15) is 19.5 Å². The van der Waals surface area contributed by atoms with Gasteiger partial charge in [-0.2, -0.15) is 0 Å². The molecule has 10 nitrogen and oxygen atoms in total. The lowest BCUT2D eigenvalue weighted by atomic mass is 10.0. The van der Waals surface area contributed by atoms with E-state index in [1.54, 1.807) is 78.9 Å². The van der Waals surface area contributed by atoms with E-state index >= 15 is 0 Å². The second kappa shape index (κ2) is 14.2. The van der Waals surface area contributed by atoms with Crippen molar-refractivity contribution >= 4 is 29.3 Å². The molecule has 0 aromatic heterocycles. The normalized spacial score (nSPS) is 12.4. The van der Waals surface area contributed by atoms with Crippen molar-refractivity contribution < 1.29 is 33.7 Å². The molecule has 5 N–H and O–H groups in total. The Morgan fingerprint density at radius 2 is 1.66 bits per heavy atom. The van der Waals surface area contributed by atoms with Crippen molar-refractivity contribution in [2.45, 2.75) is 12.2 Å². The van der Waals surface area contributed by atoms with Gasteiger partial charge in [0.2, 0.25) is 5.91 Å². The van der Waals surface area contributed by atoms with Gasteiger partial charge in [-0.3, -0.25) is 14.9 Å². The lowest BCUT2D eigenvalue weighted by Gasteiger charge is -2.26. The predicted molar refractivity (Wildman–Crippen MR) is 142 cm³/mol. The van der Waals surface area contributed by atoms with Crippen LogP contribution in [-0.2, 0) is 14.3 Å². The maximum atomic E-state index is 12.8. The summed E-state index contributed by atoms with van der Waals surface area (Å²) >= 11 is 0. The largest absolute Gasteiger partial charge is 0.491 e. The zero-order valence-corrected chi connectivity index (χ0v) is 20.7. The van der Waals surface area contributed by atoms with Gasteiger partial charge < -0.3 is 30.4 Å². The molecular formula is C28H29N3O7. The molecule has 3 amide bonds. The number of methoxy groups -OCH3 is 1. The fourth-order valence-electron chi connectivity index (χ4n) is 3.48. The summed E-state index contributed by atoms with van der Waals surface area (Å²) in [5.41, 5.74) is 7.38. The Morgan fingerprint density at radius 1 is 0.974 bits per heavy atom. The molecule has 198 valence electrons. The first-order valence-electron chi connectivity index (χ1n) is 11.7. The predicted octanol–water partition coefficient (Wildman–Crippen LogP) is 3.46. The van der Waals surface area contributed by atoms with E-state index < -0.39 is 30.1 Å². The molecule has 0 aliphatic heterocycles. The summed E-state index contributed by atoms with van der Waals surface area (Å²) in [7, 11) is 1.38. The molecule has 0 aliphatic rings. The van der Waals surface area contributed by atoms with Crippen LogP contribution in [0.1, 0.15) is 22.0 Å². The number of carbonyl (C=O) groups is 3. The quantitative estimate of drug-likeness (QED) is 0.222. The number of alkyl carbamates (subject to hydrolysis) is 1. The number of ether oxygens (including phenoxy) is 3. The van der Waals surface area contributed by atoms with Crippen LogP contribution in [0, 0.1) is 0 Å². The SMILES string of the molecule is CO[C@@H](/C=C/C(=O)Nc1ccccc1N)[C@@H](OC(=O)NC(=O)c1ccccc1)c1ccccc1OCCO. The van der Waals surface area contributed by atoms with Crippen molar-refractivity contribution in [2.75, 3.05) is 31.4 Å². The number of anilines is 2. The lowest BCUT2D eigenvalue weighted by Crippen LogP contribution is -2.35. The van der Waals surface area contributed by atoms with Gasteiger partial charge in [0.1, 0.15) is 18.5 Å². The van der Waals surface area contributed by atoms with Crippen molar-refractivity contribution in [3.63, 3.8) is 0 Å². The Labute approximate surface area is 220 Å². The third-order valence-corrected chi connectivity index (χ3v) is 5.29. The highest BCUT2D eigenvalue weighted by molar-refractivity contribution is 6.03. The number of benzene rings is 3. The standard InChI is InChI=1S/C28H29N3O7/c1-36-24(15-16-25(33)30-22-13-7-6-12-21(22)29)26(20-11-5-8-14-23(20)37-18-17-32)38-28(35)31-27(34)19-9-3-2-4-10-19/h2-16,24,26,32H,17-18,29H2,1H3,(H,30,33)(H,31,34,35)/b16-15+/t24-,26-/m0/s1. The van der Waals surface area contributed by atoms with Crippen molar-refractivity contribution in [1.29, 1.82) is 0 Å². The third kappa shape index (κ3) is 7.92. The number of nitrogens with one attached hydrogen (secondary N) is 2. The number of hydrogen-bond acceptors (Lipinski definition) is 8. The third-order valence-electron chi connectivity index (χ3n) is 5.29. The molecule has 0 saturated carbocycles. The molecular weight excluding hydrogens is 490 g/mol. The molecule has 0 bridgehead atoms. The minimum atomic E-state index is -1.13. The molecule has 3 rings (SSSR count). The zero-order chi connectivity index (χ0) is 27.3. The summed E-state index contributed by atoms with van der Waals surface area (Å²) in [4.78, 5) is 37.8. The van der Waals surface area contributed by atoms with Gasteiger partial charge >= 0.3 is 6.09 Å². The monoisotopic (exact) mass is 519 g/mol. The van der Waals surface area contributed by atoms with Crippen LogP contribution in [0.25, 0.3) is 0 Å². The number of carbonyl (C=O) groups excluding carboxylic acids is 3. The summed E-state index contributed by atoms with van der Waals surface area (Å²) in [5.74, 6) is -0.813. The lowest BCUT2D eigenvalue weighted by molar-refractivity contribution is -0.112. The highest BCUT2D eigenvalue weighted by Gasteiger charge is 2.29. The Morgan fingerprint density at radius 3 is 2.37 bits per heavy atom. The van der Waals surface area contributed by atoms with E-state index in [1.807, 2.05) is 0 Å². The van der Waals surface area contributed by atoms with E-state index in [1.165, 1.54) is 19.3 Å². The minimum absolute atomic E-state index is 0.00316. The molecule has 0 unspecified atom stereocenters. The summed E-state index contributed by atoms with van der Waals surface area (Å²) in [5, 5.41) is 14.1. The van der Waals surface area contributed by atoms with Gasteiger partial charge in [-0.25, -0.2) is 4.79 Å². The molecule has 0 spiro atoms. The number of nitrogens with two attached hydrogens (primary N) is 1. The molecule has 38 heavy (non-hydrogen) atoms. The van der Waals surface area contributed by atoms with Gasteiger partial charge in [-0.05, 0) is 36.4 Å². The first-order chi connectivity index (χ1) is 18.4. The number of aliphatic hydroxyl groups is 1. The maximum Gasteiger partial charge on any atom is 0.414 e. The zero-order valence-electron chi connectivity index (χ0n) is 20.7. The van der Waals surface area contributed by atoms with Gasteiger partial charge in [0.15, 0.2) is 6.10 Å². The van der Waals surface area contributed by atoms with E-state index in [0.717, 1.165) is 0 Å². The smallest absolute Gasteiger partial charge is 0.414 e.